The first-order valence-electron chi connectivity index (χ1n) is 6.53. The molecule has 2 aromatic heterocycles. The Bertz CT molecular complexity index is 612. The van der Waals surface area contributed by atoms with Crippen molar-refractivity contribution in [1.82, 2.24) is 15.2 Å². The molecule has 1 atom stereocenters. The molecule has 0 bridgehead atoms. The summed E-state index contributed by atoms with van der Waals surface area (Å²) in [6.45, 7) is 5.92. The first-order chi connectivity index (χ1) is 9.95. The summed E-state index contributed by atoms with van der Waals surface area (Å²) < 4.78 is 0. The van der Waals surface area contributed by atoms with Gasteiger partial charge in [0.05, 0.1) is 5.41 Å². The highest BCUT2D eigenvalue weighted by atomic mass is 32.2. The highest BCUT2D eigenvalue weighted by Crippen LogP contribution is 2.32. The summed E-state index contributed by atoms with van der Waals surface area (Å²) in [5, 5.41) is 12.5. The van der Waals surface area contributed by atoms with Crippen LogP contribution in [0, 0.1) is 5.41 Å². The molecule has 112 valence electrons. The molecule has 0 fully saturated rings. The maximum Gasteiger partial charge on any atom is 0.232 e. The number of carbonyl (C=O) groups is 1. The van der Waals surface area contributed by atoms with Crippen molar-refractivity contribution in [3.63, 3.8) is 0 Å². The van der Waals surface area contributed by atoms with Gasteiger partial charge in [0.1, 0.15) is 0 Å². The minimum atomic E-state index is -0.473. The number of rotatable bonds is 5. The zero-order valence-electron chi connectivity index (χ0n) is 12.5. The van der Waals surface area contributed by atoms with E-state index in [1.54, 1.807) is 24.2 Å². The van der Waals surface area contributed by atoms with E-state index in [0.29, 0.717) is 5.13 Å². The van der Waals surface area contributed by atoms with Gasteiger partial charge in [-0.15, -0.1) is 10.2 Å². The van der Waals surface area contributed by atoms with Crippen molar-refractivity contribution in [2.45, 2.75) is 26.0 Å². The van der Waals surface area contributed by atoms with Gasteiger partial charge >= 0.3 is 0 Å². The standard InChI is InChI=1S/C14H18N4OS2/c1-9(20-4)14(2,3)12(19)16-13-18-17-11(21-13)10-6-5-7-15-8-10/h5-9H,1-4H3,(H,16,18,19). The fraction of sp³-hybridized carbons (Fsp3) is 0.429. The molecule has 0 aromatic carbocycles. The third kappa shape index (κ3) is 3.59. The molecule has 2 heterocycles. The highest BCUT2D eigenvalue weighted by Gasteiger charge is 2.34. The molecule has 21 heavy (non-hydrogen) atoms. The highest BCUT2D eigenvalue weighted by molar-refractivity contribution is 7.99. The lowest BCUT2D eigenvalue weighted by Gasteiger charge is -2.28. The number of hydrogen-bond acceptors (Lipinski definition) is 6. The van der Waals surface area contributed by atoms with E-state index in [9.17, 15) is 4.79 Å². The molecule has 2 rings (SSSR count). The molecule has 0 aliphatic heterocycles. The summed E-state index contributed by atoms with van der Waals surface area (Å²) in [6.07, 6.45) is 5.44. The van der Waals surface area contributed by atoms with Crippen LogP contribution in [-0.4, -0.2) is 32.6 Å². The number of hydrogen-bond donors (Lipinski definition) is 1. The second-order valence-electron chi connectivity index (χ2n) is 5.21. The number of nitrogens with one attached hydrogen (secondary N) is 1. The number of nitrogens with zero attached hydrogens (tertiary/aromatic N) is 3. The zero-order chi connectivity index (χ0) is 15.5. The van der Waals surface area contributed by atoms with Crippen molar-refractivity contribution < 1.29 is 4.79 Å². The van der Waals surface area contributed by atoms with Gasteiger partial charge in [0.15, 0.2) is 5.01 Å². The van der Waals surface area contributed by atoms with Crippen molar-refractivity contribution in [3.8, 4) is 10.6 Å². The molecule has 1 N–H and O–H groups in total. The van der Waals surface area contributed by atoms with E-state index < -0.39 is 5.41 Å². The van der Waals surface area contributed by atoms with Crippen molar-refractivity contribution >= 4 is 34.1 Å². The largest absolute Gasteiger partial charge is 0.300 e. The van der Waals surface area contributed by atoms with E-state index in [0.717, 1.165) is 10.6 Å². The fourth-order valence-electron chi connectivity index (χ4n) is 1.62. The van der Waals surface area contributed by atoms with Crippen molar-refractivity contribution in [2.24, 2.45) is 5.41 Å². The van der Waals surface area contributed by atoms with Crippen molar-refractivity contribution in [3.05, 3.63) is 24.5 Å². The van der Waals surface area contributed by atoms with Crippen LogP contribution < -0.4 is 5.32 Å². The lowest BCUT2D eigenvalue weighted by atomic mass is 9.89. The monoisotopic (exact) mass is 322 g/mol. The van der Waals surface area contributed by atoms with Gasteiger partial charge in [-0.25, -0.2) is 0 Å². The maximum absolute atomic E-state index is 12.4. The smallest absolute Gasteiger partial charge is 0.232 e. The van der Waals surface area contributed by atoms with E-state index in [1.165, 1.54) is 11.3 Å². The summed E-state index contributed by atoms with van der Waals surface area (Å²) in [5.74, 6) is -0.0433. The predicted octanol–water partition coefficient (Wildman–Crippen LogP) is 3.32. The quantitative estimate of drug-likeness (QED) is 0.914. The normalized spacial score (nSPS) is 13.0. The van der Waals surface area contributed by atoms with E-state index >= 15 is 0 Å². The lowest BCUT2D eigenvalue weighted by Crippen LogP contribution is -2.37. The van der Waals surface area contributed by atoms with Crippen molar-refractivity contribution in [2.75, 3.05) is 11.6 Å². The second-order valence-corrected chi connectivity index (χ2v) is 7.36. The van der Waals surface area contributed by atoms with Gasteiger partial charge < -0.3 is 5.32 Å². The number of amides is 1. The fourth-order valence-corrected chi connectivity index (χ4v) is 3.04. The SMILES string of the molecule is CSC(C)C(C)(C)C(=O)Nc1nnc(-c2cccnc2)s1. The zero-order valence-corrected chi connectivity index (χ0v) is 14.1. The third-order valence-electron chi connectivity index (χ3n) is 3.51. The predicted molar refractivity (Wildman–Crippen MR) is 88.5 cm³/mol. The molecule has 7 heteroatoms. The Hall–Kier alpha value is -1.47. The topological polar surface area (TPSA) is 67.8 Å². The molecular formula is C14H18N4OS2. The lowest BCUT2D eigenvalue weighted by molar-refractivity contribution is -0.123. The number of carbonyl (C=O) groups excluding carboxylic acids is 1. The number of thioether (sulfide) groups is 1. The number of pyridine rings is 1. The molecule has 0 radical (unpaired) electrons. The van der Waals surface area contributed by atoms with Crippen LogP contribution in [0.4, 0.5) is 5.13 Å². The summed E-state index contributed by atoms with van der Waals surface area (Å²) in [7, 11) is 0. The summed E-state index contributed by atoms with van der Waals surface area (Å²) in [4.78, 5) is 16.4. The van der Waals surface area contributed by atoms with Crippen molar-refractivity contribution in [1.29, 1.82) is 0 Å². The van der Waals surface area contributed by atoms with Gasteiger partial charge in [-0.2, -0.15) is 11.8 Å². The maximum atomic E-state index is 12.4. The average molecular weight is 322 g/mol. The summed E-state index contributed by atoms with van der Waals surface area (Å²) in [6, 6.07) is 3.76. The Morgan fingerprint density at radius 3 is 2.81 bits per heavy atom. The molecule has 0 aliphatic carbocycles. The van der Waals surface area contributed by atoms with Crippen LogP contribution in [0.1, 0.15) is 20.8 Å². The molecule has 0 spiro atoms. The van der Waals surface area contributed by atoms with E-state index in [2.05, 4.69) is 20.5 Å². The summed E-state index contributed by atoms with van der Waals surface area (Å²) in [5.41, 5.74) is 0.423. The van der Waals surface area contributed by atoms with Crippen LogP contribution in [0.25, 0.3) is 10.6 Å². The van der Waals surface area contributed by atoms with E-state index in [4.69, 9.17) is 0 Å². The van der Waals surface area contributed by atoms with Crippen LogP contribution in [0.15, 0.2) is 24.5 Å². The van der Waals surface area contributed by atoms with Gasteiger partial charge in [0.2, 0.25) is 11.0 Å². The molecular weight excluding hydrogens is 304 g/mol. The first-order valence-corrected chi connectivity index (χ1v) is 8.63. The number of aromatic nitrogens is 3. The Kier molecular flexibility index (Phi) is 4.95. The Labute approximate surface area is 132 Å². The third-order valence-corrected chi connectivity index (χ3v) is 5.69. The van der Waals surface area contributed by atoms with Crippen LogP contribution in [-0.2, 0) is 4.79 Å². The van der Waals surface area contributed by atoms with Gasteiger partial charge in [0.25, 0.3) is 0 Å². The number of anilines is 1. The van der Waals surface area contributed by atoms with Crippen LogP contribution in [0.3, 0.4) is 0 Å². The second kappa shape index (κ2) is 6.53. The minimum absolute atomic E-state index is 0.0433. The van der Waals surface area contributed by atoms with Gasteiger partial charge in [-0.1, -0.05) is 18.3 Å². The van der Waals surface area contributed by atoms with Crippen LogP contribution >= 0.6 is 23.1 Å². The summed E-state index contributed by atoms with van der Waals surface area (Å²) >= 11 is 3.02. The van der Waals surface area contributed by atoms with Gasteiger partial charge in [0, 0.05) is 23.2 Å². The Morgan fingerprint density at radius 1 is 1.43 bits per heavy atom. The Morgan fingerprint density at radius 2 is 2.19 bits per heavy atom. The molecule has 2 aromatic rings. The van der Waals surface area contributed by atoms with Crippen LogP contribution in [0.2, 0.25) is 0 Å². The van der Waals surface area contributed by atoms with E-state index in [1.807, 2.05) is 39.2 Å². The molecule has 1 unspecified atom stereocenters. The van der Waals surface area contributed by atoms with Gasteiger partial charge in [-0.3, -0.25) is 9.78 Å². The Balaban J connectivity index is 2.11. The van der Waals surface area contributed by atoms with E-state index in [-0.39, 0.29) is 11.2 Å². The molecule has 0 saturated heterocycles. The molecule has 5 nitrogen and oxygen atoms in total. The average Bonchev–Trinajstić information content (AvgIpc) is 2.95. The van der Waals surface area contributed by atoms with Crippen LogP contribution in [0.5, 0.6) is 0 Å². The molecule has 0 aliphatic rings. The molecule has 1 amide bonds. The molecule has 0 saturated carbocycles. The van der Waals surface area contributed by atoms with Gasteiger partial charge in [-0.05, 0) is 32.2 Å². The first kappa shape index (κ1) is 15.9. The minimum Gasteiger partial charge on any atom is -0.300 e.